The lowest BCUT2D eigenvalue weighted by molar-refractivity contribution is 0.145. The number of nitrogens with one attached hydrogen (secondary N) is 1. The fourth-order valence-corrected chi connectivity index (χ4v) is 3.95. The summed E-state index contributed by atoms with van der Waals surface area (Å²) in [6.07, 6.45) is 4.96. The van der Waals surface area contributed by atoms with Crippen molar-refractivity contribution < 1.29 is 5.11 Å². The molecule has 0 amide bonds. The molecule has 0 bridgehead atoms. The van der Waals surface area contributed by atoms with Gasteiger partial charge in [-0.15, -0.1) is 0 Å². The average molecular weight is 406 g/mol. The molecule has 29 heavy (non-hydrogen) atoms. The van der Waals surface area contributed by atoms with E-state index in [1.807, 2.05) is 48.7 Å². The molecule has 0 saturated carbocycles. The minimum absolute atomic E-state index is 0.191. The Kier molecular flexibility index (Phi) is 4.66. The zero-order valence-electron chi connectivity index (χ0n) is 15.7. The molecular weight excluding hydrogens is 386 g/mol. The Morgan fingerprint density at radius 1 is 1.07 bits per heavy atom. The van der Waals surface area contributed by atoms with Gasteiger partial charge in [0.1, 0.15) is 11.6 Å². The maximum Gasteiger partial charge on any atom is 0.140 e. The predicted molar refractivity (Wildman–Crippen MR) is 115 cm³/mol. The lowest BCUT2D eigenvalue weighted by Gasteiger charge is -2.30. The van der Waals surface area contributed by atoms with Crippen LogP contribution in [0.3, 0.4) is 0 Å². The Morgan fingerprint density at radius 3 is 2.66 bits per heavy atom. The van der Waals surface area contributed by atoms with Gasteiger partial charge >= 0.3 is 0 Å². The maximum absolute atomic E-state index is 9.67. The molecule has 2 N–H and O–H groups in total. The monoisotopic (exact) mass is 405 g/mol. The van der Waals surface area contributed by atoms with E-state index in [2.05, 4.69) is 19.9 Å². The Labute approximate surface area is 173 Å². The lowest BCUT2D eigenvalue weighted by atomic mass is 10.1. The Balaban J connectivity index is 1.44. The summed E-state index contributed by atoms with van der Waals surface area (Å²) in [4.78, 5) is 19.3. The van der Waals surface area contributed by atoms with Crippen molar-refractivity contribution in [3.63, 3.8) is 0 Å². The second kappa shape index (κ2) is 7.46. The summed E-state index contributed by atoms with van der Waals surface area (Å²) in [7, 11) is 0. The number of imidazole rings is 1. The number of benzene rings is 1. The van der Waals surface area contributed by atoms with Crippen molar-refractivity contribution in [1.29, 1.82) is 0 Å². The van der Waals surface area contributed by atoms with Crippen molar-refractivity contribution in [3.8, 4) is 22.6 Å². The van der Waals surface area contributed by atoms with Crippen LogP contribution in [0.5, 0.6) is 0 Å². The van der Waals surface area contributed by atoms with Gasteiger partial charge in [-0.05, 0) is 49.2 Å². The summed E-state index contributed by atoms with van der Waals surface area (Å²) in [5.74, 6) is 1.68. The third-order valence-electron chi connectivity index (χ3n) is 5.32. The molecule has 1 aliphatic rings. The zero-order valence-corrected chi connectivity index (χ0v) is 16.5. The van der Waals surface area contributed by atoms with E-state index >= 15 is 0 Å². The predicted octanol–water partition coefficient (Wildman–Crippen LogP) is 4.30. The van der Waals surface area contributed by atoms with Gasteiger partial charge in [-0.3, -0.25) is 4.98 Å². The van der Waals surface area contributed by atoms with Crippen molar-refractivity contribution in [3.05, 3.63) is 59.9 Å². The second-order valence-corrected chi connectivity index (χ2v) is 7.68. The van der Waals surface area contributed by atoms with E-state index < -0.39 is 0 Å². The molecule has 0 radical (unpaired) electrons. The molecule has 1 aliphatic heterocycles. The smallest absolute Gasteiger partial charge is 0.140 e. The van der Waals surface area contributed by atoms with Gasteiger partial charge in [0.05, 0.1) is 27.9 Å². The number of hydrogen-bond acceptors (Lipinski definition) is 5. The quantitative estimate of drug-likeness (QED) is 0.531. The minimum atomic E-state index is -0.191. The highest BCUT2D eigenvalue weighted by molar-refractivity contribution is 6.34. The highest BCUT2D eigenvalue weighted by Crippen LogP contribution is 2.31. The van der Waals surface area contributed by atoms with E-state index in [0.29, 0.717) is 5.02 Å². The van der Waals surface area contributed by atoms with E-state index in [1.165, 1.54) is 0 Å². The van der Waals surface area contributed by atoms with Gasteiger partial charge in [-0.25, -0.2) is 9.97 Å². The molecule has 5 rings (SSSR count). The Morgan fingerprint density at radius 2 is 1.93 bits per heavy atom. The summed E-state index contributed by atoms with van der Waals surface area (Å²) >= 11 is 6.49. The van der Waals surface area contributed by atoms with Gasteiger partial charge in [0.15, 0.2) is 0 Å². The fourth-order valence-electron chi connectivity index (χ4n) is 3.69. The largest absolute Gasteiger partial charge is 0.393 e. The highest BCUT2D eigenvalue weighted by atomic mass is 35.5. The van der Waals surface area contributed by atoms with Crippen molar-refractivity contribution >= 4 is 28.5 Å². The van der Waals surface area contributed by atoms with Crippen LogP contribution >= 0.6 is 11.6 Å². The van der Waals surface area contributed by atoms with Crippen molar-refractivity contribution in [2.45, 2.75) is 18.9 Å². The van der Waals surface area contributed by atoms with E-state index in [4.69, 9.17) is 16.6 Å². The first kappa shape index (κ1) is 18.1. The number of H-pyrrole nitrogens is 1. The molecule has 1 saturated heterocycles. The van der Waals surface area contributed by atoms with Crippen LogP contribution in [-0.2, 0) is 0 Å². The molecule has 146 valence electrons. The first-order valence-corrected chi connectivity index (χ1v) is 10.1. The molecule has 1 aromatic carbocycles. The summed E-state index contributed by atoms with van der Waals surface area (Å²) in [5.41, 5.74) is 4.30. The number of piperidine rings is 1. The van der Waals surface area contributed by atoms with Crippen molar-refractivity contribution in [1.82, 2.24) is 19.9 Å². The van der Waals surface area contributed by atoms with E-state index in [-0.39, 0.29) is 6.10 Å². The average Bonchev–Trinajstić information content (AvgIpc) is 3.17. The van der Waals surface area contributed by atoms with Gasteiger partial charge in [0.2, 0.25) is 0 Å². The molecule has 0 spiro atoms. The SMILES string of the molecule is OC1CCN(c2ccc(-c3nc4cc(-c5ccccn5)c(Cl)cc4[nH]3)cn2)CC1. The molecule has 6 nitrogen and oxygen atoms in total. The number of anilines is 1. The molecular formula is C22H20ClN5O. The van der Waals surface area contributed by atoms with Crippen LogP contribution in [0.4, 0.5) is 5.82 Å². The van der Waals surface area contributed by atoms with Crippen molar-refractivity contribution in [2.24, 2.45) is 0 Å². The van der Waals surface area contributed by atoms with Gasteiger partial charge < -0.3 is 15.0 Å². The number of aromatic nitrogens is 4. The van der Waals surface area contributed by atoms with Gasteiger partial charge in [0.25, 0.3) is 0 Å². The summed E-state index contributed by atoms with van der Waals surface area (Å²) < 4.78 is 0. The molecule has 0 aliphatic carbocycles. The minimum Gasteiger partial charge on any atom is -0.393 e. The number of rotatable bonds is 3. The van der Waals surface area contributed by atoms with Crippen LogP contribution in [0, 0.1) is 0 Å². The van der Waals surface area contributed by atoms with Crippen LogP contribution in [0.1, 0.15) is 12.8 Å². The number of aromatic amines is 1. The molecule has 4 heterocycles. The highest BCUT2D eigenvalue weighted by Gasteiger charge is 2.18. The summed E-state index contributed by atoms with van der Waals surface area (Å²) in [5, 5.41) is 10.3. The van der Waals surface area contributed by atoms with Crippen LogP contribution < -0.4 is 4.90 Å². The number of hydrogen-bond donors (Lipinski definition) is 2. The number of aliphatic hydroxyl groups excluding tert-OH is 1. The van der Waals surface area contributed by atoms with E-state index in [1.54, 1.807) is 6.20 Å². The van der Waals surface area contributed by atoms with Crippen LogP contribution in [0.25, 0.3) is 33.7 Å². The maximum atomic E-state index is 9.67. The lowest BCUT2D eigenvalue weighted by Crippen LogP contribution is -2.36. The number of nitrogens with zero attached hydrogens (tertiary/aromatic N) is 4. The number of halogens is 1. The van der Waals surface area contributed by atoms with E-state index in [0.717, 1.165) is 65.4 Å². The summed E-state index contributed by atoms with van der Waals surface area (Å²) in [6, 6.07) is 13.6. The first-order valence-electron chi connectivity index (χ1n) is 9.67. The van der Waals surface area contributed by atoms with Crippen LogP contribution in [-0.4, -0.2) is 44.2 Å². The van der Waals surface area contributed by atoms with Crippen LogP contribution in [0.2, 0.25) is 5.02 Å². The molecule has 1 fully saturated rings. The number of aliphatic hydroxyl groups is 1. The Hall–Kier alpha value is -2.96. The summed E-state index contributed by atoms with van der Waals surface area (Å²) in [6.45, 7) is 1.65. The standard InChI is InChI=1S/C22H20ClN5O/c23-17-12-20-19(11-16(17)18-3-1-2-8-24-18)26-22(27-20)14-4-5-21(25-13-14)28-9-6-15(29)7-10-28/h1-5,8,11-13,15,29H,6-7,9-10H2,(H,26,27). The van der Waals surface area contributed by atoms with Crippen molar-refractivity contribution in [2.75, 3.05) is 18.0 Å². The molecule has 0 unspecified atom stereocenters. The van der Waals surface area contributed by atoms with E-state index in [9.17, 15) is 5.11 Å². The second-order valence-electron chi connectivity index (χ2n) is 7.27. The Bertz CT molecular complexity index is 1140. The van der Waals surface area contributed by atoms with Gasteiger partial charge in [0, 0.05) is 36.6 Å². The van der Waals surface area contributed by atoms with Gasteiger partial charge in [-0.2, -0.15) is 0 Å². The molecule has 4 aromatic rings. The van der Waals surface area contributed by atoms with Gasteiger partial charge in [-0.1, -0.05) is 17.7 Å². The third-order valence-corrected chi connectivity index (χ3v) is 5.63. The normalized spacial score (nSPS) is 15.2. The zero-order chi connectivity index (χ0) is 19.8. The molecule has 7 heteroatoms. The first-order chi connectivity index (χ1) is 14.2. The number of pyridine rings is 2. The van der Waals surface area contributed by atoms with Crippen LogP contribution in [0.15, 0.2) is 54.9 Å². The number of fused-ring (bicyclic) bond motifs is 1. The third kappa shape index (κ3) is 3.57. The topological polar surface area (TPSA) is 77.9 Å². The fraction of sp³-hybridized carbons (Fsp3) is 0.227. The molecule has 3 aromatic heterocycles. The molecule has 0 atom stereocenters.